The minimum atomic E-state index is -0.559. The Bertz CT molecular complexity index is 624. The number of rotatable bonds is 1. The van der Waals surface area contributed by atoms with E-state index < -0.39 is 11.6 Å². The van der Waals surface area contributed by atoms with E-state index in [0.29, 0.717) is 16.5 Å². The molecule has 2 nitrogen and oxygen atoms in total. The normalized spacial score (nSPS) is 21.7. The van der Waals surface area contributed by atoms with Crippen LogP contribution in [0.3, 0.4) is 0 Å². The highest BCUT2D eigenvalue weighted by molar-refractivity contribution is 5.85. The molecule has 1 aliphatic rings. The minimum absolute atomic E-state index is 0. The Morgan fingerprint density at radius 1 is 1.30 bits per heavy atom. The Balaban J connectivity index is 0.00000147. The summed E-state index contributed by atoms with van der Waals surface area (Å²) in [7, 11) is 0. The fourth-order valence-electron chi connectivity index (χ4n) is 3.11. The van der Waals surface area contributed by atoms with Crippen molar-refractivity contribution in [1.82, 2.24) is 5.32 Å². The highest BCUT2D eigenvalue weighted by Gasteiger charge is 2.37. The zero-order chi connectivity index (χ0) is 13.6. The maximum absolute atomic E-state index is 14.3. The molecule has 110 valence electrons. The zero-order valence-electron chi connectivity index (χ0n) is 11.5. The van der Waals surface area contributed by atoms with Gasteiger partial charge in [-0.05, 0) is 30.4 Å². The summed E-state index contributed by atoms with van der Waals surface area (Å²) >= 11 is 0. The van der Waals surface area contributed by atoms with Gasteiger partial charge < -0.3 is 9.73 Å². The molecule has 1 saturated heterocycles. The van der Waals surface area contributed by atoms with Crippen molar-refractivity contribution in [2.75, 3.05) is 13.1 Å². The fraction of sp³-hybridized carbons (Fsp3) is 0.467. The van der Waals surface area contributed by atoms with Crippen molar-refractivity contribution in [2.24, 2.45) is 5.41 Å². The molecule has 0 bridgehead atoms. The number of hydrogen-bond donors (Lipinski definition) is 1. The lowest BCUT2D eigenvalue weighted by Gasteiger charge is -2.39. The van der Waals surface area contributed by atoms with Crippen LogP contribution in [0, 0.1) is 17.0 Å². The van der Waals surface area contributed by atoms with Crippen molar-refractivity contribution in [2.45, 2.75) is 26.2 Å². The van der Waals surface area contributed by atoms with Gasteiger partial charge in [0.15, 0.2) is 0 Å². The molecule has 0 amide bonds. The van der Waals surface area contributed by atoms with Gasteiger partial charge in [0.05, 0.1) is 11.6 Å². The monoisotopic (exact) mass is 301 g/mol. The number of furan rings is 1. The van der Waals surface area contributed by atoms with E-state index in [4.69, 9.17) is 4.42 Å². The predicted octanol–water partition coefficient (Wildman–Crippen LogP) is 4.24. The molecule has 2 aromatic rings. The third kappa shape index (κ3) is 2.31. The van der Waals surface area contributed by atoms with E-state index in [-0.39, 0.29) is 23.7 Å². The maximum atomic E-state index is 14.3. The summed E-state index contributed by atoms with van der Waals surface area (Å²) < 4.78 is 33.3. The molecule has 0 saturated carbocycles. The summed E-state index contributed by atoms with van der Waals surface area (Å²) in [6, 6.07) is 2.53. The number of hydrogen-bond acceptors (Lipinski definition) is 2. The molecule has 1 aromatic heterocycles. The molecule has 0 aliphatic carbocycles. The Kier molecular flexibility index (Phi) is 4.07. The fourth-order valence-corrected chi connectivity index (χ4v) is 3.11. The molecule has 0 radical (unpaired) electrons. The molecule has 1 aromatic carbocycles. The summed E-state index contributed by atoms with van der Waals surface area (Å²) in [4.78, 5) is 0. The zero-order valence-corrected chi connectivity index (χ0v) is 12.3. The van der Waals surface area contributed by atoms with Gasteiger partial charge in [-0.3, -0.25) is 0 Å². The van der Waals surface area contributed by atoms with Gasteiger partial charge in [-0.2, -0.15) is 0 Å². The molecule has 20 heavy (non-hydrogen) atoms. The summed E-state index contributed by atoms with van der Waals surface area (Å²) in [5.41, 5.74) is 0.793. The summed E-state index contributed by atoms with van der Waals surface area (Å²) in [5, 5.41) is 3.69. The van der Waals surface area contributed by atoms with Gasteiger partial charge in [0.2, 0.25) is 0 Å². The van der Waals surface area contributed by atoms with Gasteiger partial charge in [-0.1, -0.05) is 13.8 Å². The van der Waals surface area contributed by atoms with E-state index in [1.807, 2.05) is 0 Å². The Hall–Kier alpha value is -1.13. The van der Waals surface area contributed by atoms with Gasteiger partial charge >= 0.3 is 0 Å². The number of nitrogens with one attached hydrogen (secondary N) is 1. The first-order valence-electron chi connectivity index (χ1n) is 6.56. The van der Waals surface area contributed by atoms with Crippen molar-refractivity contribution >= 4 is 23.4 Å². The standard InChI is InChI=1S/C15H17F2NO.ClH/c1-15(2)8-18-5-3-10(15)13-12(17)7-11(16)9-4-6-19-14(9)13;/h4,6-7,10,18H,3,5,8H2,1-2H3;1H. The van der Waals surface area contributed by atoms with Crippen molar-refractivity contribution < 1.29 is 13.2 Å². The van der Waals surface area contributed by atoms with Crippen LogP contribution < -0.4 is 5.32 Å². The van der Waals surface area contributed by atoms with Crippen LogP contribution in [0.1, 0.15) is 31.7 Å². The van der Waals surface area contributed by atoms with E-state index in [2.05, 4.69) is 19.2 Å². The second-order valence-corrected chi connectivity index (χ2v) is 5.92. The van der Waals surface area contributed by atoms with Crippen molar-refractivity contribution in [3.8, 4) is 0 Å². The maximum Gasteiger partial charge on any atom is 0.143 e. The highest BCUT2D eigenvalue weighted by Crippen LogP contribution is 2.44. The summed E-state index contributed by atoms with van der Waals surface area (Å²) in [6.45, 7) is 5.85. The highest BCUT2D eigenvalue weighted by atomic mass is 35.5. The van der Waals surface area contributed by atoms with Crippen LogP contribution >= 0.6 is 12.4 Å². The van der Waals surface area contributed by atoms with Gasteiger partial charge in [0.25, 0.3) is 0 Å². The molecule has 2 heterocycles. The summed E-state index contributed by atoms with van der Waals surface area (Å²) in [6.07, 6.45) is 2.25. The second kappa shape index (κ2) is 5.34. The predicted molar refractivity (Wildman–Crippen MR) is 77.4 cm³/mol. The van der Waals surface area contributed by atoms with Crippen LogP contribution in [0.2, 0.25) is 0 Å². The molecule has 1 unspecified atom stereocenters. The largest absolute Gasteiger partial charge is 0.464 e. The van der Waals surface area contributed by atoms with E-state index in [1.54, 1.807) is 6.07 Å². The number of piperidine rings is 1. The Labute approximate surface area is 122 Å². The lowest BCUT2D eigenvalue weighted by molar-refractivity contribution is 0.215. The molecule has 1 atom stereocenters. The molecule has 1 fully saturated rings. The third-order valence-corrected chi connectivity index (χ3v) is 4.16. The number of fused-ring (bicyclic) bond motifs is 1. The quantitative estimate of drug-likeness (QED) is 0.852. The van der Waals surface area contributed by atoms with Crippen molar-refractivity contribution in [3.63, 3.8) is 0 Å². The second-order valence-electron chi connectivity index (χ2n) is 5.92. The van der Waals surface area contributed by atoms with E-state index in [9.17, 15) is 8.78 Å². The van der Waals surface area contributed by atoms with Crippen LogP contribution in [0.4, 0.5) is 8.78 Å². The number of halogens is 3. The molecule has 1 aliphatic heterocycles. The topological polar surface area (TPSA) is 25.2 Å². The van der Waals surface area contributed by atoms with Crippen molar-refractivity contribution in [3.05, 3.63) is 35.6 Å². The molecule has 0 spiro atoms. The van der Waals surface area contributed by atoms with Crippen LogP contribution in [-0.4, -0.2) is 13.1 Å². The van der Waals surface area contributed by atoms with Gasteiger partial charge in [-0.15, -0.1) is 12.4 Å². The lowest BCUT2D eigenvalue weighted by Crippen LogP contribution is -2.41. The SMILES string of the molecule is CC1(C)CNCCC1c1c(F)cc(F)c2ccoc12.Cl. The lowest BCUT2D eigenvalue weighted by atomic mass is 9.70. The van der Waals surface area contributed by atoms with E-state index in [1.165, 1.54) is 6.26 Å². The summed E-state index contributed by atoms with van der Waals surface area (Å²) in [5.74, 6) is -1.03. The van der Waals surface area contributed by atoms with Crippen LogP contribution in [-0.2, 0) is 0 Å². The first-order valence-corrected chi connectivity index (χ1v) is 6.56. The van der Waals surface area contributed by atoms with E-state index >= 15 is 0 Å². The Morgan fingerprint density at radius 3 is 2.75 bits per heavy atom. The van der Waals surface area contributed by atoms with Crippen LogP contribution in [0.5, 0.6) is 0 Å². The smallest absolute Gasteiger partial charge is 0.143 e. The molecule has 5 heteroatoms. The average Bonchev–Trinajstić information content (AvgIpc) is 2.80. The Morgan fingerprint density at radius 2 is 2.05 bits per heavy atom. The minimum Gasteiger partial charge on any atom is -0.464 e. The molecule has 1 N–H and O–H groups in total. The van der Waals surface area contributed by atoms with Gasteiger partial charge in [-0.25, -0.2) is 8.78 Å². The van der Waals surface area contributed by atoms with Crippen LogP contribution in [0.15, 0.2) is 22.8 Å². The van der Waals surface area contributed by atoms with E-state index in [0.717, 1.165) is 25.6 Å². The third-order valence-electron chi connectivity index (χ3n) is 4.16. The van der Waals surface area contributed by atoms with Crippen LogP contribution in [0.25, 0.3) is 11.0 Å². The first kappa shape index (κ1) is 15.3. The molecule has 3 rings (SSSR count). The molecular weight excluding hydrogens is 284 g/mol. The number of benzene rings is 1. The molecular formula is C15H18ClF2NO. The van der Waals surface area contributed by atoms with Gasteiger partial charge in [0.1, 0.15) is 17.2 Å². The average molecular weight is 302 g/mol. The van der Waals surface area contributed by atoms with Crippen molar-refractivity contribution in [1.29, 1.82) is 0 Å². The van der Waals surface area contributed by atoms with Gasteiger partial charge in [0, 0.05) is 18.2 Å². The first-order chi connectivity index (χ1) is 9.00.